The molecule has 1 aliphatic rings. The highest BCUT2D eigenvalue weighted by Crippen LogP contribution is 2.49. The first kappa shape index (κ1) is 46.2. The number of nitrogens with zero attached hydrogens (tertiary/aromatic N) is 1. The molecule has 356 valence electrons. The molecule has 2 nitrogen and oxygen atoms in total. The minimum absolute atomic E-state index is 0.329. The Morgan fingerprint density at radius 1 is 0.338 bits per heavy atom. The van der Waals surface area contributed by atoms with Crippen LogP contribution < -0.4 is 5.32 Å². The quantitative estimate of drug-likeness (QED) is 0.0961. The van der Waals surface area contributed by atoms with E-state index in [1.165, 1.54) is 150 Å². The number of benzene rings is 13. The molecule has 0 radical (unpaired) electrons. The maximum atomic E-state index is 3.87. The molecular formula is C72H58N2. The van der Waals surface area contributed by atoms with Crippen molar-refractivity contribution in [2.45, 2.75) is 39.2 Å². The molecule has 0 bridgehead atoms. The van der Waals surface area contributed by atoms with Crippen LogP contribution in [0.4, 0.5) is 0 Å². The fourth-order valence-electron chi connectivity index (χ4n) is 10.9. The van der Waals surface area contributed by atoms with Gasteiger partial charge in [-0.25, -0.2) is 0 Å². The third-order valence-electron chi connectivity index (χ3n) is 14.7. The molecule has 0 heterocycles. The zero-order valence-corrected chi connectivity index (χ0v) is 42.3. The molecule has 0 spiro atoms. The fraction of sp³-hybridized carbons (Fsp3) is 0.0972. The Morgan fingerprint density at radius 3 is 1.14 bits per heavy atom. The Labute approximate surface area is 434 Å². The Balaban J connectivity index is 0.000000321. The van der Waals surface area contributed by atoms with Crippen molar-refractivity contribution in [3.63, 3.8) is 0 Å². The highest BCUT2D eigenvalue weighted by atomic mass is 14.9. The van der Waals surface area contributed by atoms with Gasteiger partial charge in [0.05, 0.1) is 6.34 Å². The highest BCUT2D eigenvalue weighted by molar-refractivity contribution is 6.25. The number of rotatable bonds is 7. The topological polar surface area (TPSA) is 24.4 Å². The van der Waals surface area contributed by atoms with Crippen molar-refractivity contribution < 1.29 is 0 Å². The van der Waals surface area contributed by atoms with E-state index in [1.807, 2.05) is 18.2 Å². The van der Waals surface area contributed by atoms with Crippen molar-refractivity contribution in [1.82, 2.24) is 5.32 Å². The summed E-state index contributed by atoms with van der Waals surface area (Å²) in [5.41, 5.74) is 12.6. The lowest BCUT2D eigenvalue weighted by atomic mass is 9.82. The van der Waals surface area contributed by atoms with Gasteiger partial charge in [-0.1, -0.05) is 243 Å². The van der Waals surface area contributed by atoms with Crippen LogP contribution in [0.5, 0.6) is 0 Å². The van der Waals surface area contributed by atoms with Crippen molar-refractivity contribution in [3.8, 4) is 44.5 Å². The summed E-state index contributed by atoms with van der Waals surface area (Å²) in [6, 6.07) is 89.9. The van der Waals surface area contributed by atoms with Crippen LogP contribution in [0.2, 0.25) is 0 Å². The number of aryl methyl sites for hydroxylation is 1. The second-order valence-corrected chi connectivity index (χ2v) is 19.8. The third kappa shape index (κ3) is 9.05. The molecule has 1 saturated carbocycles. The average molecular weight is 951 g/mol. The Bertz CT molecular complexity index is 4180. The summed E-state index contributed by atoms with van der Waals surface area (Å²) in [5, 5.41) is 20.7. The van der Waals surface area contributed by atoms with Gasteiger partial charge in [-0.15, -0.1) is 0 Å². The summed E-state index contributed by atoms with van der Waals surface area (Å²) in [7, 11) is 1.75. The van der Waals surface area contributed by atoms with E-state index in [9.17, 15) is 0 Å². The van der Waals surface area contributed by atoms with Crippen molar-refractivity contribution >= 4 is 81.7 Å². The highest BCUT2D eigenvalue weighted by Gasteiger charge is 2.21. The van der Waals surface area contributed by atoms with Crippen molar-refractivity contribution in [1.29, 1.82) is 0 Å². The molecule has 14 rings (SSSR count). The third-order valence-corrected chi connectivity index (χ3v) is 14.7. The van der Waals surface area contributed by atoms with E-state index in [0.717, 1.165) is 0 Å². The zero-order valence-electron chi connectivity index (χ0n) is 42.3. The van der Waals surface area contributed by atoms with E-state index < -0.39 is 0 Å². The Kier molecular flexibility index (Phi) is 12.7. The average Bonchev–Trinajstić information content (AvgIpc) is 4.36. The van der Waals surface area contributed by atoms with Crippen LogP contribution in [0, 0.1) is 6.92 Å². The van der Waals surface area contributed by atoms with E-state index in [-0.39, 0.29) is 0 Å². The van der Waals surface area contributed by atoms with Crippen molar-refractivity contribution in [3.05, 3.63) is 254 Å². The molecule has 1 atom stereocenters. The first-order valence-corrected chi connectivity index (χ1v) is 26.1. The predicted octanol–water partition coefficient (Wildman–Crippen LogP) is 19.9. The van der Waals surface area contributed by atoms with Crippen LogP contribution >= 0.6 is 0 Å². The smallest absolute Gasteiger partial charge is 0.0825 e. The van der Waals surface area contributed by atoms with Crippen LogP contribution in [-0.4, -0.2) is 13.4 Å². The minimum atomic E-state index is 0.329. The van der Waals surface area contributed by atoms with Crippen molar-refractivity contribution in [2.24, 2.45) is 4.99 Å². The molecule has 13 aromatic carbocycles. The van der Waals surface area contributed by atoms with E-state index in [1.54, 1.807) is 13.4 Å². The van der Waals surface area contributed by atoms with Gasteiger partial charge in [0.25, 0.3) is 0 Å². The van der Waals surface area contributed by atoms with Crippen LogP contribution in [0.15, 0.2) is 248 Å². The van der Waals surface area contributed by atoms with Gasteiger partial charge < -0.3 is 5.32 Å². The van der Waals surface area contributed by atoms with Crippen LogP contribution in [0.1, 0.15) is 43.4 Å². The van der Waals surface area contributed by atoms with Crippen LogP contribution in [0.25, 0.3) is 120 Å². The normalized spacial score (nSPS) is 12.5. The molecule has 2 heteroatoms. The Hall–Kier alpha value is -8.85. The molecule has 0 saturated heterocycles. The van der Waals surface area contributed by atoms with Gasteiger partial charge in [-0.3, -0.25) is 4.99 Å². The second-order valence-electron chi connectivity index (χ2n) is 19.8. The molecule has 0 amide bonds. The number of hydrogen-bond donors (Lipinski definition) is 1. The standard InChI is InChI=1S/C59H38.C10H14N2.C3H6/c1-37-22-23-43-35-45(29-26-42(43)32-37)56-48-16-6-8-18-50(48)58(51-19-9-7-17-49(51)56)47-30-31-54-55(36-47)59(46-28-25-39-13-3-5-15-41(39)34-46)53-21-11-10-20-52(53)57(54)44-27-24-38-12-2-4-14-40(38)33-44;1-9(12-8-11-2)10-6-4-3-5-7-10;1-2-3-1/h2-36H,1H3;3-9H,1-2H3,(H,11,12);1-3H2. The lowest BCUT2D eigenvalue weighted by molar-refractivity contribution is 0.726. The van der Waals surface area contributed by atoms with Gasteiger partial charge in [0.1, 0.15) is 0 Å². The molecule has 0 aliphatic heterocycles. The maximum Gasteiger partial charge on any atom is 0.0825 e. The summed E-state index contributed by atoms with van der Waals surface area (Å²) in [6.45, 7) is 4.27. The van der Waals surface area contributed by atoms with Gasteiger partial charge in [0.2, 0.25) is 0 Å². The summed E-state index contributed by atoms with van der Waals surface area (Å²) in [5.74, 6) is 0. The molecule has 1 aliphatic carbocycles. The maximum absolute atomic E-state index is 3.87. The minimum Gasteiger partial charge on any atom is -0.370 e. The molecular weight excluding hydrogens is 893 g/mol. The number of fused-ring (bicyclic) bond motifs is 7. The molecule has 13 aromatic rings. The van der Waals surface area contributed by atoms with Crippen molar-refractivity contribution in [2.75, 3.05) is 7.05 Å². The summed E-state index contributed by atoms with van der Waals surface area (Å²) >= 11 is 0. The zero-order chi connectivity index (χ0) is 50.0. The van der Waals surface area contributed by atoms with Gasteiger partial charge >= 0.3 is 0 Å². The summed E-state index contributed by atoms with van der Waals surface area (Å²) in [4.78, 5) is 3.87. The number of nitrogens with one attached hydrogen (secondary N) is 1. The first-order chi connectivity index (χ1) is 36.5. The van der Waals surface area contributed by atoms with E-state index in [0.29, 0.717) is 6.04 Å². The van der Waals surface area contributed by atoms with Gasteiger partial charge in [-0.05, 0) is 164 Å². The molecule has 1 N–H and O–H groups in total. The van der Waals surface area contributed by atoms with Crippen LogP contribution in [-0.2, 0) is 0 Å². The van der Waals surface area contributed by atoms with E-state index in [2.05, 4.69) is 249 Å². The number of hydrogen-bond acceptors (Lipinski definition) is 1. The molecule has 74 heavy (non-hydrogen) atoms. The number of aliphatic imine (C=N–C) groups is 1. The Morgan fingerprint density at radius 2 is 0.676 bits per heavy atom. The first-order valence-electron chi connectivity index (χ1n) is 26.1. The van der Waals surface area contributed by atoms with Gasteiger partial charge in [0, 0.05) is 13.1 Å². The lowest BCUT2D eigenvalue weighted by Gasteiger charge is -2.21. The molecule has 0 aromatic heterocycles. The second kappa shape index (κ2) is 20.3. The molecule has 1 fully saturated rings. The SMILES string of the molecule is C1CC1.CN=CNC(C)c1ccccc1.Cc1ccc2cc(-c3c4ccccc4c(-c4ccc5c(-c6ccc7ccccc7c6)c6ccccc6c(-c6ccc7ccccc7c6)c5c4)c4ccccc34)ccc2c1. The molecule has 1 unspecified atom stereocenters. The fourth-order valence-corrected chi connectivity index (χ4v) is 10.9. The van der Waals surface area contributed by atoms with E-state index >= 15 is 0 Å². The predicted molar refractivity (Wildman–Crippen MR) is 322 cm³/mol. The lowest BCUT2D eigenvalue weighted by Crippen LogP contribution is -2.15. The summed E-state index contributed by atoms with van der Waals surface area (Å²) < 4.78 is 0. The van der Waals surface area contributed by atoms with E-state index in [4.69, 9.17) is 0 Å². The summed E-state index contributed by atoms with van der Waals surface area (Å²) in [6.07, 6.45) is 6.22. The van der Waals surface area contributed by atoms with Gasteiger partial charge in [-0.2, -0.15) is 0 Å². The largest absolute Gasteiger partial charge is 0.370 e. The monoisotopic (exact) mass is 950 g/mol. The van der Waals surface area contributed by atoms with Crippen LogP contribution in [0.3, 0.4) is 0 Å². The van der Waals surface area contributed by atoms with Gasteiger partial charge in [0.15, 0.2) is 0 Å².